The highest BCUT2D eigenvalue weighted by Gasteiger charge is 2.25. The lowest BCUT2D eigenvalue weighted by molar-refractivity contribution is -0.135. The summed E-state index contributed by atoms with van der Waals surface area (Å²) in [5, 5.41) is 0. The number of piperidine rings is 1. The standard InChI is InChI=1S/C27H30N2O3/c1-20-17-25(21(2)29(20)24-11-7-4-8-12-24)27(31)32-19-26(30)28-15-13-23(14-16-28)18-22-9-5-3-6-10-22/h3-12,17,23H,13-16,18-19H2,1-2H3. The minimum atomic E-state index is -0.451. The highest BCUT2D eigenvalue weighted by molar-refractivity contribution is 5.93. The first kappa shape index (κ1) is 21.9. The molecule has 0 unspecified atom stereocenters. The molecule has 1 amide bonds. The summed E-state index contributed by atoms with van der Waals surface area (Å²) in [5.74, 6) is 0.0216. The van der Waals surface area contributed by atoms with Gasteiger partial charge in [0.05, 0.1) is 5.56 Å². The molecule has 1 aromatic heterocycles. The topological polar surface area (TPSA) is 51.5 Å². The van der Waals surface area contributed by atoms with Crippen LogP contribution in [0.1, 0.15) is 40.2 Å². The molecule has 0 atom stereocenters. The van der Waals surface area contributed by atoms with Crippen LogP contribution in [0.2, 0.25) is 0 Å². The van der Waals surface area contributed by atoms with Crippen molar-refractivity contribution in [1.29, 1.82) is 0 Å². The van der Waals surface area contributed by atoms with E-state index in [-0.39, 0.29) is 12.5 Å². The summed E-state index contributed by atoms with van der Waals surface area (Å²) < 4.78 is 7.43. The molecule has 5 heteroatoms. The average Bonchev–Trinajstić information content (AvgIpc) is 3.13. The zero-order chi connectivity index (χ0) is 22.5. The molecule has 0 aliphatic carbocycles. The number of amides is 1. The number of carbonyl (C=O) groups excluding carboxylic acids is 2. The molecule has 0 bridgehead atoms. The van der Waals surface area contributed by atoms with E-state index in [0.29, 0.717) is 11.5 Å². The van der Waals surface area contributed by atoms with Gasteiger partial charge >= 0.3 is 5.97 Å². The molecule has 32 heavy (non-hydrogen) atoms. The van der Waals surface area contributed by atoms with Crippen LogP contribution in [-0.4, -0.2) is 41.0 Å². The molecule has 1 fully saturated rings. The summed E-state index contributed by atoms with van der Waals surface area (Å²) in [6.07, 6.45) is 3.01. The van der Waals surface area contributed by atoms with Crippen molar-refractivity contribution >= 4 is 11.9 Å². The molecule has 2 aromatic carbocycles. The molecule has 1 aliphatic heterocycles. The maximum Gasteiger partial charge on any atom is 0.340 e. The molecule has 5 nitrogen and oxygen atoms in total. The lowest BCUT2D eigenvalue weighted by Gasteiger charge is -2.32. The third-order valence-corrected chi connectivity index (χ3v) is 6.33. The number of benzene rings is 2. The Morgan fingerprint density at radius 1 is 0.938 bits per heavy atom. The van der Waals surface area contributed by atoms with Crippen molar-refractivity contribution in [1.82, 2.24) is 9.47 Å². The van der Waals surface area contributed by atoms with Crippen LogP contribution in [0.25, 0.3) is 5.69 Å². The van der Waals surface area contributed by atoms with Crippen molar-refractivity contribution in [3.63, 3.8) is 0 Å². The Morgan fingerprint density at radius 2 is 1.56 bits per heavy atom. The Labute approximate surface area is 189 Å². The van der Waals surface area contributed by atoms with E-state index in [2.05, 4.69) is 24.3 Å². The van der Waals surface area contributed by atoms with Gasteiger partial charge in [-0.1, -0.05) is 48.5 Å². The van der Waals surface area contributed by atoms with Crippen molar-refractivity contribution < 1.29 is 14.3 Å². The minimum absolute atomic E-state index is 0.117. The number of aryl methyl sites for hydroxylation is 1. The molecule has 2 heterocycles. The second-order valence-electron chi connectivity index (χ2n) is 8.55. The predicted octanol–water partition coefficient (Wildman–Crippen LogP) is 4.73. The van der Waals surface area contributed by atoms with Crippen LogP contribution < -0.4 is 0 Å². The van der Waals surface area contributed by atoms with Gasteiger partial charge in [-0.05, 0) is 62.8 Å². The van der Waals surface area contributed by atoms with Gasteiger partial charge in [-0.2, -0.15) is 0 Å². The average molecular weight is 431 g/mol. The zero-order valence-corrected chi connectivity index (χ0v) is 18.8. The molecular weight excluding hydrogens is 400 g/mol. The Morgan fingerprint density at radius 3 is 2.22 bits per heavy atom. The van der Waals surface area contributed by atoms with Crippen molar-refractivity contribution in [3.05, 3.63) is 89.2 Å². The fraction of sp³-hybridized carbons (Fsp3) is 0.333. The number of carbonyl (C=O) groups is 2. The van der Waals surface area contributed by atoms with Gasteiger partial charge in [-0.25, -0.2) is 4.79 Å². The molecule has 3 aromatic rings. The zero-order valence-electron chi connectivity index (χ0n) is 18.8. The van der Waals surface area contributed by atoms with Crippen LogP contribution >= 0.6 is 0 Å². The summed E-state index contributed by atoms with van der Waals surface area (Å²) in [6.45, 7) is 5.08. The van der Waals surface area contributed by atoms with E-state index in [9.17, 15) is 9.59 Å². The van der Waals surface area contributed by atoms with Gasteiger partial charge in [0, 0.05) is 30.2 Å². The number of aromatic nitrogens is 1. The van der Waals surface area contributed by atoms with Crippen molar-refractivity contribution in [2.75, 3.05) is 19.7 Å². The van der Waals surface area contributed by atoms with Crippen molar-refractivity contribution in [2.24, 2.45) is 5.92 Å². The number of rotatable bonds is 6. The largest absolute Gasteiger partial charge is 0.452 e. The summed E-state index contributed by atoms with van der Waals surface area (Å²) >= 11 is 0. The third kappa shape index (κ3) is 4.93. The monoisotopic (exact) mass is 430 g/mol. The molecule has 0 radical (unpaired) electrons. The molecule has 0 N–H and O–H groups in total. The summed E-state index contributed by atoms with van der Waals surface area (Å²) in [5.41, 5.74) is 4.61. The first-order valence-corrected chi connectivity index (χ1v) is 11.3. The van der Waals surface area contributed by atoms with Crippen molar-refractivity contribution in [2.45, 2.75) is 33.1 Å². The summed E-state index contributed by atoms with van der Waals surface area (Å²) in [6, 6.07) is 22.2. The second-order valence-corrected chi connectivity index (χ2v) is 8.55. The Bertz CT molecular complexity index is 1070. The maximum atomic E-state index is 12.7. The van der Waals surface area contributed by atoms with E-state index in [1.54, 1.807) is 0 Å². The smallest absolute Gasteiger partial charge is 0.340 e. The highest BCUT2D eigenvalue weighted by atomic mass is 16.5. The molecule has 1 saturated heterocycles. The number of esters is 1. The molecule has 0 saturated carbocycles. The van der Waals surface area contributed by atoms with Crippen LogP contribution in [0.3, 0.4) is 0 Å². The second kappa shape index (κ2) is 9.86. The van der Waals surface area contributed by atoms with Crippen molar-refractivity contribution in [3.8, 4) is 5.69 Å². The molecule has 166 valence electrons. The maximum absolute atomic E-state index is 12.7. The van der Waals surface area contributed by atoms with E-state index in [0.717, 1.165) is 49.4 Å². The lowest BCUT2D eigenvalue weighted by atomic mass is 9.90. The Balaban J connectivity index is 1.30. The molecule has 4 rings (SSSR count). The number of likely N-dealkylation sites (tertiary alicyclic amines) is 1. The van der Waals surface area contributed by atoms with Gasteiger partial charge in [0.25, 0.3) is 5.91 Å². The van der Waals surface area contributed by atoms with E-state index in [1.807, 2.05) is 65.8 Å². The number of nitrogens with zero attached hydrogens (tertiary/aromatic N) is 2. The van der Waals surface area contributed by atoms with Gasteiger partial charge in [-0.3, -0.25) is 4.79 Å². The number of hydrogen-bond acceptors (Lipinski definition) is 3. The number of para-hydroxylation sites is 1. The summed E-state index contributed by atoms with van der Waals surface area (Å²) in [4.78, 5) is 27.1. The normalized spacial score (nSPS) is 14.4. The Kier molecular flexibility index (Phi) is 6.74. The minimum Gasteiger partial charge on any atom is -0.452 e. The van der Waals surface area contributed by atoms with Crippen LogP contribution in [0.4, 0.5) is 0 Å². The van der Waals surface area contributed by atoms with Gasteiger partial charge in [0.1, 0.15) is 0 Å². The van der Waals surface area contributed by atoms with Crippen LogP contribution in [-0.2, 0) is 16.0 Å². The van der Waals surface area contributed by atoms with E-state index in [4.69, 9.17) is 4.74 Å². The van der Waals surface area contributed by atoms with E-state index >= 15 is 0 Å². The van der Waals surface area contributed by atoms with Gasteiger partial charge < -0.3 is 14.2 Å². The SMILES string of the molecule is Cc1cc(C(=O)OCC(=O)N2CCC(Cc3ccccc3)CC2)c(C)n1-c1ccccc1. The molecule has 1 aliphatic rings. The van der Waals surface area contributed by atoms with Crippen LogP contribution in [0.5, 0.6) is 0 Å². The van der Waals surface area contributed by atoms with E-state index in [1.165, 1.54) is 5.56 Å². The van der Waals surface area contributed by atoms with Crippen LogP contribution in [0.15, 0.2) is 66.7 Å². The third-order valence-electron chi connectivity index (χ3n) is 6.33. The molecule has 0 spiro atoms. The van der Waals surface area contributed by atoms with Gasteiger partial charge in [0.2, 0.25) is 0 Å². The highest BCUT2D eigenvalue weighted by Crippen LogP contribution is 2.23. The fourth-order valence-electron chi connectivity index (χ4n) is 4.57. The van der Waals surface area contributed by atoms with Gasteiger partial charge in [-0.15, -0.1) is 0 Å². The summed E-state index contributed by atoms with van der Waals surface area (Å²) in [7, 11) is 0. The van der Waals surface area contributed by atoms with E-state index < -0.39 is 5.97 Å². The first-order valence-electron chi connectivity index (χ1n) is 11.3. The first-order chi connectivity index (χ1) is 15.5. The lowest BCUT2D eigenvalue weighted by Crippen LogP contribution is -2.41. The van der Waals surface area contributed by atoms with Gasteiger partial charge in [0.15, 0.2) is 6.61 Å². The van der Waals surface area contributed by atoms with Crippen LogP contribution in [0, 0.1) is 19.8 Å². The molecular formula is C27H30N2O3. The number of hydrogen-bond donors (Lipinski definition) is 0. The Hall–Kier alpha value is -3.34. The fourth-order valence-corrected chi connectivity index (χ4v) is 4.57. The number of ether oxygens (including phenoxy) is 1. The predicted molar refractivity (Wildman–Crippen MR) is 125 cm³/mol. The quantitative estimate of drug-likeness (QED) is 0.531.